The molecular formula is C59H37N7. The van der Waals surface area contributed by atoms with Gasteiger partial charge in [0.25, 0.3) is 0 Å². The second-order valence-electron chi connectivity index (χ2n) is 16.6. The monoisotopic (exact) mass is 843 g/mol. The fourth-order valence-electron chi connectivity index (χ4n) is 9.42. The first-order chi connectivity index (χ1) is 32.7. The smallest absolute Gasteiger partial charge is 0.164 e. The van der Waals surface area contributed by atoms with E-state index in [1.54, 1.807) is 0 Å². The third-order valence-electron chi connectivity index (χ3n) is 12.6. The van der Waals surface area contributed by atoms with Crippen molar-refractivity contribution in [3.8, 4) is 73.5 Å². The molecule has 0 aliphatic rings. The van der Waals surface area contributed by atoms with Gasteiger partial charge in [0.1, 0.15) is 5.65 Å². The fourth-order valence-corrected chi connectivity index (χ4v) is 9.42. The van der Waals surface area contributed by atoms with Gasteiger partial charge in [-0.15, -0.1) is 0 Å². The molecule has 0 bridgehead atoms. The first kappa shape index (κ1) is 37.5. The summed E-state index contributed by atoms with van der Waals surface area (Å²) in [5, 5.41) is 5.60. The second kappa shape index (κ2) is 15.3. The Balaban J connectivity index is 0.923. The van der Waals surface area contributed by atoms with Gasteiger partial charge in [0.2, 0.25) is 0 Å². The van der Waals surface area contributed by atoms with Crippen LogP contribution in [0.2, 0.25) is 0 Å². The lowest BCUT2D eigenvalue weighted by Crippen LogP contribution is -2.01. The number of para-hydroxylation sites is 2. The standard InChI is InChI=1S/C59H37N7/c1-4-15-39(16-5-1)51-37-65-34-33-48-54(59(65)61-51)49-36-43(31-32-50(49)60-55(48)40-17-6-2-7-18-40)38-27-29-42(30-28-38)57-62-56(41-19-8-3-9-20-41)63-58(64-57)44-21-14-22-45(35-44)66-52-25-12-10-23-46(52)47-24-11-13-26-53(47)66/h1-37H. The lowest BCUT2D eigenvalue weighted by Gasteiger charge is -2.13. The summed E-state index contributed by atoms with van der Waals surface area (Å²) >= 11 is 0. The number of nitrogens with zero attached hydrogens (tertiary/aromatic N) is 7. The van der Waals surface area contributed by atoms with Gasteiger partial charge in [-0.1, -0.05) is 170 Å². The molecular weight excluding hydrogens is 807 g/mol. The molecule has 0 aliphatic carbocycles. The summed E-state index contributed by atoms with van der Waals surface area (Å²) in [4.78, 5) is 25.9. The van der Waals surface area contributed by atoms with Crippen LogP contribution in [0.1, 0.15) is 0 Å². The molecule has 0 saturated carbocycles. The Morgan fingerprint density at radius 1 is 0.333 bits per heavy atom. The highest BCUT2D eigenvalue weighted by molar-refractivity contribution is 6.17. The molecule has 13 rings (SSSR count). The average Bonchev–Trinajstić information content (AvgIpc) is 3.99. The van der Waals surface area contributed by atoms with Crippen LogP contribution >= 0.6 is 0 Å². The van der Waals surface area contributed by atoms with Crippen molar-refractivity contribution in [2.75, 3.05) is 0 Å². The number of hydrogen-bond acceptors (Lipinski definition) is 5. The lowest BCUT2D eigenvalue weighted by atomic mass is 9.97. The van der Waals surface area contributed by atoms with Gasteiger partial charge in [-0.05, 0) is 53.6 Å². The summed E-state index contributed by atoms with van der Waals surface area (Å²) < 4.78 is 4.45. The number of hydrogen-bond donors (Lipinski definition) is 0. The fraction of sp³-hybridized carbons (Fsp3) is 0. The van der Waals surface area contributed by atoms with Crippen molar-refractivity contribution in [3.63, 3.8) is 0 Å². The van der Waals surface area contributed by atoms with Gasteiger partial charge in [-0.3, -0.25) is 0 Å². The van der Waals surface area contributed by atoms with E-state index in [4.69, 9.17) is 24.9 Å². The van der Waals surface area contributed by atoms with E-state index in [0.29, 0.717) is 17.5 Å². The van der Waals surface area contributed by atoms with Crippen LogP contribution in [0.15, 0.2) is 225 Å². The number of rotatable bonds is 7. The zero-order valence-electron chi connectivity index (χ0n) is 35.5. The summed E-state index contributed by atoms with van der Waals surface area (Å²) in [5.41, 5.74) is 14.0. The van der Waals surface area contributed by atoms with Crippen molar-refractivity contribution >= 4 is 49.1 Å². The Bertz CT molecular complexity index is 3920. The Morgan fingerprint density at radius 3 is 1.56 bits per heavy atom. The number of pyridine rings is 2. The maximum atomic E-state index is 5.29. The quantitative estimate of drug-likeness (QED) is 0.149. The molecule has 0 spiro atoms. The van der Waals surface area contributed by atoms with E-state index in [1.807, 2.05) is 42.5 Å². The van der Waals surface area contributed by atoms with Crippen LogP contribution in [0.3, 0.4) is 0 Å². The highest BCUT2D eigenvalue weighted by Gasteiger charge is 2.19. The van der Waals surface area contributed by atoms with Crippen molar-refractivity contribution in [3.05, 3.63) is 225 Å². The van der Waals surface area contributed by atoms with Crippen LogP contribution in [-0.2, 0) is 0 Å². The van der Waals surface area contributed by atoms with Gasteiger partial charge in [0.15, 0.2) is 17.5 Å². The van der Waals surface area contributed by atoms with Gasteiger partial charge in [0, 0.05) is 72.8 Å². The molecule has 8 aromatic carbocycles. The summed E-state index contributed by atoms with van der Waals surface area (Å²) in [6.45, 7) is 0. The first-order valence-corrected chi connectivity index (χ1v) is 22.1. The maximum absolute atomic E-state index is 5.29. The van der Waals surface area contributed by atoms with Crippen LogP contribution in [0, 0.1) is 0 Å². The van der Waals surface area contributed by atoms with E-state index < -0.39 is 0 Å². The van der Waals surface area contributed by atoms with Gasteiger partial charge >= 0.3 is 0 Å². The Labute approximate surface area is 379 Å². The van der Waals surface area contributed by atoms with Gasteiger partial charge < -0.3 is 8.97 Å². The van der Waals surface area contributed by atoms with E-state index in [1.165, 1.54) is 10.8 Å². The van der Waals surface area contributed by atoms with Crippen molar-refractivity contribution in [2.24, 2.45) is 0 Å². The third kappa shape index (κ3) is 6.32. The predicted octanol–water partition coefficient (Wildman–Crippen LogP) is 14.3. The van der Waals surface area contributed by atoms with Crippen molar-refractivity contribution in [2.45, 2.75) is 0 Å². The van der Waals surface area contributed by atoms with Crippen LogP contribution in [0.5, 0.6) is 0 Å². The molecule has 5 aromatic heterocycles. The highest BCUT2D eigenvalue weighted by Crippen LogP contribution is 2.38. The SMILES string of the molecule is c1ccc(-c2cn3ccc4c(-c5ccccc5)nc5ccc(-c6ccc(-c7nc(-c8ccccc8)nc(-c8cccc(-n9c%10ccccc%10c%10ccccc%109)c8)n7)cc6)cc5c4c3n2)cc1. The molecule has 0 N–H and O–H groups in total. The summed E-state index contributed by atoms with van der Waals surface area (Å²) in [6.07, 6.45) is 4.21. The van der Waals surface area contributed by atoms with Crippen molar-refractivity contribution in [1.29, 1.82) is 0 Å². The Kier molecular flexibility index (Phi) is 8.70. The molecule has 0 unspecified atom stereocenters. The summed E-state index contributed by atoms with van der Waals surface area (Å²) in [7, 11) is 0. The van der Waals surface area contributed by atoms with E-state index in [-0.39, 0.29) is 0 Å². The van der Waals surface area contributed by atoms with Gasteiger partial charge in [-0.25, -0.2) is 24.9 Å². The van der Waals surface area contributed by atoms with Crippen LogP contribution < -0.4 is 0 Å². The van der Waals surface area contributed by atoms with Crippen LogP contribution in [-0.4, -0.2) is 33.9 Å². The molecule has 0 atom stereocenters. The third-order valence-corrected chi connectivity index (χ3v) is 12.6. The highest BCUT2D eigenvalue weighted by atomic mass is 15.0. The minimum Gasteiger partial charge on any atom is -0.309 e. The molecule has 308 valence electrons. The topological polar surface area (TPSA) is 73.8 Å². The number of benzene rings is 8. The molecule has 0 fully saturated rings. The molecule has 13 aromatic rings. The zero-order chi connectivity index (χ0) is 43.6. The van der Waals surface area contributed by atoms with Crippen LogP contribution in [0.25, 0.3) is 123 Å². The predicted molar refractivity (Wildman–Crippen MR) is 268 cm³/mol. The largest absolute Gasteiger partial charge is 0.309 e. The molecule has 5 heterocycles. The minimum atomic E-state index is 0.603. The molecule has 66 heavy (non-hydrogen) atoms. The molecule has 7 nitrogen and oxygen atoms in total. The average molecular weight is 844 g/mol. The Hall–Kier alpha value is -9.07. The summed E-state index contributed by atoms with van der Waals surface area (Å²) in [6, 6.07) is 73.7. The van der Waals surface area contributed by atoms with E-state index in [2.05, 4.69) is 191 Å². The number of fused-ring (bicyclic) bond motifs is 8. The number of imidazole rings is 1. The van der Waals surface area contributed by atoms with E-state index in [0.717, 1.165) is 94.4 Å². The normalized spacial score (nSPS) is 11.6. The van der Waals surface area contributed by atoms with E-state index >= 15 is 0 Å². The van der Waals surface area contributed by atoms with Crippen LogP contribution in [0.4, 0.5) is 0 Å². The molecule has 0 radical (unpaired) electrons. The van der Waals surface area contributed by atoms with Gasteiger partial charge in [-0.2, -0.15) is 0 Å². The maximum Gasteiger partial charge on any atom is 0.164 e. The zero-order valence-corrected chi connectivity index (χ0v) is 35.5. The van der Waals surface area contributed by atoms with Crippen molar-refractivity contribution < 1.29 is 0 Å². The van der Waals surface area contributed by atoms with Crippen molar-refractivity contribution in [1.82, 2.24) is 33.9 Å². The number of aromatic nitrogens is 7. The molecule has 0 aliphatic heterocycles. The summed E-state index contributed by atoms with van der Waals surface area (Å²) in [5.74, 6) is 1.83. The van der Waals surface area contributed by atoms with E-state index in [9.17, 15) is 0 Å². The molecule has 0 saturated heterocycles. The minimum absolute atomic E-state index is 0.603. The second-order valence-corrected chi connectivity index (χ2v) is 16.6. The van der Waals surface area contributed by atoms with Gasteiger partial charge in [0.05, 0.1) is 27.9 Å². The first-order valence-electron chi connectivity index (χ1n) is 22.1. The Morgan fingerprint density at radius 2 is 0.879 bits per heavy atom. The lowest BCUT2D eigenvalue weighted by molar-refractivity contribution is 1.07. The molecule has 7 heteroatoms. The molecule has 0 amide bonds.